The molecule has 0 saturated carbocycles. The Balaban J connectivity index is 1.89. The number of fused-ring (bicyclic) bond motifs is 1. The van der Waals surface area contributed by atoms with Crippen LogP contribution < -0.4 is 11.1 Å². The van der Waals surface area contributed by atoms with Crippen molar-refractivity contribution in [2.24, 2.45) is 10.7 Å². The highest BCUT2D eigenvalue weighted by Gasteiger charge is 2.03. The molecule has 4 N–H and O–H groups in total. The number of hydrogen-bond donors (Lipinski definition) is 3. The normalized spacial score (nSPS) is 11.7. The number of nitrogens with one attached hydrogen (secondary N) is 2. The van der Waals surface area contributed by atoms with Gasteiger partial charge in [-0.3, -0.25) is 0 Å². The summed E-state index contributed by atoms with van der Waals surface area (Å²) >= 11 is 0. The lowest BCUT2D eigenvalue weighted by Gasteiger charge is -2.05. The summed E-state index contributed by atoms with van der Waals surface area (Å²) in [7, 11) is 0. The molecule has 2 aromatic heterocycles. The molecule has 0 fully saturated rings. The van der Waals surface area contributed by atoms with Crippen LogP contribution in [0, 0.1) is 0 Å². The average molecular weight is 257 g/mol. The molecule has 0 aliphatic rings. The molecular formula is C14H19N5. The molecule has 19 heavy (non-hydrogen) atoms. The number of hydrogen-bond acceptors (Lipinski definition) is 2. The molecule has 5 nitrogen and oxygen atoms in total. The molecule has 100 valence electrons. The van der Waals surface area contributed by atoms with Crippen molar-refractivity contribution in [2.45, 2.75) is 13.3 Å². The standard InChI is InChI=1S/C14H19N5/c1-10(2)8-19-14(15)17-7-5-11-9-18-13-12(11)4-3-6-16-13/h3-4,6,9H,1,5,7-8H2,2H3,(H,16,18)(H3,15,17,19). The Hall–Kier alpha value is -2.30. The van der Waals surface area contributed by atoms with Gasteiger partial charge in [0, 0.05) is 24.3 Å². The van der Waals surface area contributed by atoms with Crippen molar-refractivity contribution >= 4 is 17.0 Å². The molecule has 0 amide bonds. The number of aromatic nitrogens is 2. The highest BCUT2D eigenvalue weighted by Crippen LogP contribution is 2.15. The second kappa shape index (κ2) is 6.04. The van der Waals surface area contributed by atoms with Crippen molar-refractivity contribution in [3.05, 3.63) is 42.2 Å². The first-order chi connectivity index (χ1) is 9.16. The second-order valence-corrected chi connectivity index (χ2v) is 4.55. The van der Waals surface area contributed by atoms with Crippen LogP contribution in [0.15, 0.2) is 41.7 Å². The summed E-state index contributed by atoms with van der Waals surface area (Å²) in [6.45, 7) is 7.02. The Morgan fingerprint density at radius 2 is 2.42 bits per heavy atom. The SMILES string of the molecule is C=C(C)CN=C(N)NCCc1c[nH]c2ncccc12. The lowest BCUT2D eigenvalue weighted by molar-refractivity contribution is 0.856. The van der Waals surface area contributed by atoms with E-state index in [4.69, 9.17) is 5.73 Å². The van der Waals surface area contributed by atoms with Crippen molar-refractivity contribution in [1.82, 2.24) is 15.3 Å². The molecule has 0 spiro atoms. The van der Waals surface area contributed by atoms with E-state index in [-0.39, 0.29) is 0 Å². The fraction of sp³-hybridized carbons (Fsp3) is 0.286. The van der Waals surface area contributed by atoms with Crippen LogP contribution in [-0.4, -0.2) is 29.0 Å². The fourth-order valence-electron chi connectivity index (χ4n) is 1.82. The van der Waals surface area contributed by atoms with Crippen LogP contribution in [0.5, 0.6) is 0 Å². The molecular weight excluding hydrogens is 238 g/mol. The highest BCUT2D eigenvalue weighted by molar-refractivity contribution is 5.80. The quantitative estimate of drug-likeness (QED) is 0.432. The summed E-state index contributed by atoms with van der Waals surface area (Å²) in [5.41, 5.74) is 8.89. The third-order valence-corrected chi connectivity index (χ3v) is 2.76. The molecule has 0 atom stereocenters. The largest absolute Gasteiger partial charge is 0.370 e. The van der Waals surface area contributed by atoms with Gasteiger partial charge in [0.05, 0.1) is 6.54 Å². The molecule has 2 aromatic rings. The molecule has 0 aromatic carbocycles. The number of aromatic amines is 1. The number of H-pyrrole nitrogens is 1. The molecule has 0 aliphatic heterocycles. The van der Waals surface area contributed by atoms with Crippen molar-refractivity contribution in [3.8, 4) is 0 Å². The smallest absolute Gasteiger partial charge is 0.188 e. The van der Waals surface area contributed by atoms with Crippen molar-refractivity contribution in [1.29, 1.82) is 0 Å². The Morgan fingerprint density at radius 3 is 3.21 bits per heavy atom. The summed E-state index contributed by atoms with van der Waals surface area (Å²) in [6.07, 6.45) is 4.64. The van der Waals surface area contributed by atoms with E-state index in [0.717, 1.165) is 29.6 Å². The number of nitrogens with zero attached hydrogens (tertiary/aromatic N) is 2. The van der Waals surface area contributed by atoms with Crippen molar-refractivity contribution in [2.75, 3.05) is 13.1 Å². The molecule has 5 heteroatoms. The van der Waals surface area contributed by atoms with Crippen LogP contribution in [0.4, 0.5) is 0 Å². The number of aliphatic imine (C=N–C) groups is 1. The Labute approximate surface area is 112 Å². The fourth-order valence-corrected chi connectivity index (χ4v) is 1.82. The molecule has 0 saturated heterocycles. The third-order valence-electron chi connectivity index (χ3n) is 2.76. The van der Waals surface area contributed by atoms with Gasteiger partial charge in [-0.05, 0) is 31.0 Å². The van der Waals surface area contributed by atoms with Gasteiger partial charge in [-0.2, -0.15) is 0 Å². The molecule has 2 rings (SSSR count). The number of rotatable bonds is 5. The van der Waals surface area contributed by atoms with Gasteiger partial charge < -0.3 is 16.0 Å². The second-order valence-electron chi connectivity index (χ2n) is 4.55. The third kappa shape index (κ3) is 3.58. The van der Waals surface area contributed by atoms with Crippen LogP contribution in [-0.2, 0) is 6.42 Å². The van der Waals surface area contributed by atoms with Crippen molar-refractivity contribution in [3.63, 3.8) is 0 Å². The zero-order chi connectivity index (χ0) is 13.7. The van der Waals surface area contributed by atoms with Gasteiger partial charge in [-0.15, -0.1) is 0 Å². The van der Waals surface area contributed by atoms with E-state index >= 15 is 0 Å². The molecule has 0 aliphatic carbocycles. The van der Waals surface area contributed by atoms with Gasteiger partial charge >= 0.3 is 0 Å². The number of nitrogens with two attached hydrogens (primary N) is 1. The zero-order valence-corrected chi connectivity index (χ0v) is 11.1. The molecule has 0 radical (unpaired) electrons. The van der Waals surface area contributed by atoms with Gasteiger partial charge in [0.15, 0.2) is 5.96 Å². The monoisotopic (exact) mass is 257 g/mol. The van der Waals surface area contributed by atoms with Crippen LogP contribution in [0.25, 0.3) is 11.0 Å². The summed E-state index contributed by atoms with van der Waals surface area (Å²) in [6, 6.07) is 4.00. The van der Waals surface area contributed by atoms with E-state index in [9.17, 15) is 0 Å². The summed E-state index contributed by atoms with van der Waals surface area (Å²) < 4.78 is 0. The number of pyridine rings is 1. The highest BCUT2D eigenvalue weighted by atomic mass is 15.1. The van der Waals surface area contributed by atoms with Gasteiger partial charge in [-0.25, -0.2) is 9.98 Å². The first-order valence-electron chi connectivity index (χ1n) is 6.26. The minimum atomic E-state index is 0.459. The Bertz CT molecular complexity index is 597. The van der Waals surface area contributed by atoms with Gasteiger partial charge in [0.25, 0.3) is 0 Å². The van der Waals surface area contributed by atoms with Gasteiger partial charge in [0.2, 0.25) is 0 Å². The predicted octanol–water partition coefficient (Wildman–Crippen LogP) is 1.59. The Kier molecular flexibility index (Phi) is 4.18. The van der Waals surface area contributed by atoms with Crippen LogP contribution in [0.1, 0.15) is 12.5 Å². The summed E-state index contributed by atoms with van der Waals surface area (Å²) in [5, 5.41) is 4.25. The molecule has 0 unspecified atom stereocenters. The average Bonchev–Trinajstić information content (AvgIpc) is 2.80. The van der Waals surface area contributed by atoms with Crippen LogP contribution >= 0.6 is 0 Å². The minimum Gasteiger partial charge on any atom is -0.370 e. The summed E-state index contributed by atoms with van der Waals surface area (Å²) in [4.78, 5) is 11.6. The summed E-state index contributed by atoms with van der Waals surface area (Å²) in [5.74, 6) is 0.459. The van der Waals surface area contributed by atoms with E-state index in [1.54, 1.807) is 6.20 Å². The lowest BCUT2D eigenvalue weighted by atomic mass is 10.1. The lowest BCUT2D eigenvalue weighted by Crippen LogP contribution is -2.33. The Morgan fingerprint density at radius 1 is 1.58 bits per heavy atom. The van der Waals surface area contributed by atoms with E-state index in [1.807, 2.05) is 19.2 Å². The van der Waals surface area contributed by atoms with Crippen LogP contribution in [0.2, 0.25) is 0 Å². The number of guanidine groups is 1. The predicted molar refractivity (Wildman–Crippen MR) is 79.1 cm³/mol. The first-order valence-corrected chi connectivity index (χ1v) is 6.26. The molecule has 2 heterocycles. The van der Waals surface area contributed by atoms with Gasteiger partial charge in [-0.1, -0.05) is 12.2 Å². The maximum atomic E-state index is 5.75. The molecule has 0 bridgehead atoms. The van der Waals surface area contributed by atoms with E-state index in [1.165, 1.54) is 5.56 Å². The topological polar surface area (TPSA) is 79.1 Å². The van der Waals surface area contributed by atoms with E-state index < -0.39 is 0 Å². The maximum absolute atomic E-state index is 5.75. The van der Waals surface area contributed by atoms with E-state index in [0.29, 0.717) is 12.5 Å². The maximum Gasteiger partial charge on any atom is 0.188 e. The van der Waals surface area contributed by atoms with Crippen molar-refractivity contribution < 1.29 is 0 Å². The van der Waals surface area contributed by atoms with Crippen LogP contribution in [0.3, 0.4) is 0 Å². The first kappa shape index (κ1) is 13.1. The van der Waals surface area contributed by atoms with Gasteiger partial charge in [0.1, 0.15) is 5.65 Å². The van der Waals surface area contributed by atoms with E-state index in [2.05, 4.69) is 32.9 Å². The zero-order valence-electron chi connectivity index (χ0n) is 11.1. The minimum absolute atomic E-state index is 0.459.